The fraction of sp³-hybridized carbons (Fsp3) is 0.400. The van der Waals surface area contributed by atoms with Gasteiger partial charge >= 0.3 is 0 Å². The van der Waals surface area contributed by atoms with Crippen molar-refractivity contribution >= 4 is 33.0 Å². The Kier molecular flexibility index (Phi) is 4.43. The van der Waals surface area contributed by atoms with Gasteiger partial charge in [0.2, 0.25) is 0 Å². The van der Waals surface area contributed by atoms with E-state index >= 15 is 0 Å². The second-order valence-corrected chi connectivity index (χ2v) is 10.3. The zero-order chi connectivity index (χ0) is 20.2. The topological polar surface area (TPSA) is 41.1 Å². The highest BCUT2D eigenvalue weighted by atomic mass is 32.1. The Bertz CT molecular complexity index is 1100. The van der Waals surface area contributed by atoms with Crippen molar-refractivity contribution in [2.75, 3.05) is 5.32 Å². The molecule has 150 valence electrons. The maximum Gasteiger partial charge on any atom is 0.256 e. The van der Waals surface area contributed by atoms with Crippen molar-refractivity contribution in [1.29, 1.82) is 0 Å². The molecule has 3 nitrogen and oxygen atoms in total. The van der Waals surface area contributed by atoms with E-state index in [4.69, 9.17) is 0 Å². The first kappa shape index (κ1) is 18.7. The molecule has 0 saturated heterocycles. The molecule has 1 aromatic heterocycles. The first-order valence-electron chi connectivity index (χ1n) is 10.7. The van der Waals surface area contributed by atoms with Gasteiger partial charge in [0.1, 0.15) is 11.2 Å². The van der Waals surface area contributed by atoms with Crippen LogP contribution in [-0.2, 0) is 12.8 Å². The highest BCUT2D eigenvalue weighted by Crippen LogP contribution is 2.47. The maximum absolute atomic E-state index is 13.1. The fourth-order valence-corrected chi connectivity index (χ4v) is 6.16. The van der Waals surface area contributed by atoms with Crippen molar-refractivity contribution < 1.29 is 4.79 Å². The Hall–Kier alpha value is -2.33. The van der Waals surface area contributed by atoms with Crippen molar-refractivity contribution in [3.63, 3.8) is 0 Å². The van der Waals surface area contributed by atoms with E-state index in [1.54, 1.807) is 11.3 Å². The second kappa shape index (κ2) is 6.88. The molecule has 0 saturated carbocycles. The van der Waals surface area contributed by atoms with Crippen LogP contribution >= 0.6 is 11.3 Å². The Morgan fingerprint density at radius 1 is 1.10 bits per heavy atom. The van der Waals surface area contributed by atoms with Crippen LogP contribution in [-0.4, -0.2) is 5.91 Å². The van der Waals surface area contributed by atoms with E-state index in [9.17, 15) is 4.79 Å². The fourth-order valence-electron chi connectivity index (χ4n) is 4.81. The summed E-state index contributed by atoms with van der Waals surface area (Å²) in [5.74, 6) is 0.766. The van der Waals surface area contributed by atoms with Crippen LogP contribution in [0.15, 0.2) is 42.5 Å². The predicted molar refractivity (Wildman–Crippen MR) is 122 cm³/mol. The third-order valence-corrected chi connectivity index (χ3v) is 8.35. The number of nitrogens with one attached hydrogen (secondary N) is 2. The van der Waals surface area contributed by atoms with Crippen LogP contribution in [0.1, 0.15) is 66.1 Å². The summed E-state index contributed by atoms with van der Waals surface area (Å²) < 4.78 is 0. The highest BCUT2D eigenvalue weighted by Gasteiger charge is 2.37. The Morgan fingerprint density at radius 2 is 1.90 bits per heavy atom. The van der Waals surface area contributed by atoms with Crippen molar-refractivity contribution in [3.05, 3.63) is 64.0 Å². The zero-order valence-corrected chi connectivity index (χ0v) is 18.2. The van der Waals surface area contributed by atoms with Gasteiger partial charge in [0.05, 0.1) is 5.56 Å². The summed E-state index contributed by atoms with van der Waals surface area (Å²) in [6, 6.07) is 14.8. The first-order valence-corrected chi connectivity index (χ1v) is 11.5. The van der Waals surface area contributed by atoms with Crippen molar-refractivity contribution in [2.24, 2.45) is 11.3 Å². The quantitative estimate of drug-likeness (QED) is 0.538. The highest BCUT2D eigenvalue weighted by molar-refractivity contribution is 7.16. The number of fused-ring (bicyclic) bond motifs is 4. The number of carbonyl (C=O) groups excluding carboxylic acids is 1. The molecule has 0 unspecified atom stereocenters. The summed E-state index contributed by atoms with van der Waals surface area (Å²) in [4.78, 5) is 14.5. The Morgan fingerprint density at radius 3 is 2.69 bits per heavy atom. The van der Waals surface area contributed by atoms with Crippen molar-refractivity contribution in [3.8, 4) is 0 Å². The molecule has 5 rings (SSSR count). The largest absolute Gasteiger partial charge is 0.353 e. The van der Waals surface area contributed by atoms with Gasteiger partial charge in [0.15, 0.2) is 0 Å². The van der Waals surface area contributed by atoms with Crippen LogP contribution < -0.4 is 10.6 Å². The van der Waals surface area contributed by atoms with E-state index in [0.29, 0.717) is 11.3 Å². The molecule has 0 fully saturated rings. The molecule has 1 aliphatic carbocycles. The summed E-state index contributed by atoms with van der Waals surface area (Å²) in [7, 11) is 0. The molecule has 0 spiro atoms. The molecule has 2 atom stereocenters. The van der Waals surface area contributed by atoms with E-state index in [1.807, 2.05) is 0 Å². The lowest BCUT2D eigenvalue weighted by molar-refractivity contribution is 0.0934. The summed E-state index contributed by atoms with van der Waals surface area (Å²) in [6.45, 7) is 7.06. The van der Waals surface area contributed by atoms with E-state index < -0.39 is 0 Å². The minimum Gasteiger partial charge on any atom is -0.353 e. The normalized spacial score (nSPS) is 21.3. The number of hydrogen-bond donors (Lipinski definition) is 2. The van der Waals surface area contributed by atoms with Crippen LogP contribution in [0.3, 0.4) is 0 Å². The number of hydrogen-bond acceptors (Lipinski definition) is 3. The lowest BCUT2D eigenvalue weighted by atomic mass is 9.69. The number of thiophene rings is 1. The van der Waals surface area contributed by atoms with Gasteiger partial charge in [-0.05, 0) is 58.6 Å². The molecule has 2 aliphatic rings. The molecule has 2 heterocycles. The third kappa shape index (κ3) is 3.14. The number of anilines is 1. The zero-order valence-electron chi connectivity index (χ0n) is 17.3. The van der Waals surface area contributed by atoms with E-state index in [1.165, 1.54) is 34.1 Å². The Balaban J connectivity index is 1.46. The van der Waals surface area contributed by atoms with E-state index in [-0.39, 0.29) is 12.1 Å². The second-order valence-electron chi connectivity index (χ2n) is 9.15. The number of amides is 1. The molecule has 2 aromatic carbocycles. The Labute approximate surface area is 176 Å². The molecular formula is C25H28N2OS. The van der Waals surface area contributed by atoms with Gasteiger partial charge in [-0.25, -0.2) is 0 Å². The number of benzene rings is 2. The third-order valence-electron chi connectivity index (χ3n) is 7.17. The molecule has 0 radical (unpaired) electrons. The summed E-state index contributed by atoms with van der Waals surface area (Å²) >= 11 is 1.80. The first-order chi connectivity index (χ1) is 14.0. The maximum atomic E-state index is 13.1. The molecule has 1 aliphatic heterocycles. The van der Waals surface area contributed by atoms with Gasteiger partial charge in [-0.2, -0.15) is 0 Å². The predicted octanol–water partition coefficient (Wildman–Crippen LogP) is 6.30. The standard InChI is InChI=1S/C25H28N2OS/c1-4-25(2,3)18-11-12-19-20(14-18)29-24-21(19)23(28)26-22(27-24)17-10-9-15-7-5-6-8-16(15)13-17/h5-10,13,18,22,27H,4,11-12,14H2,1-3H3,(H,26,28)/t18-,22-/m1/s1. The van der Waals surface area contributed by atoms with Gasteiger partial charge < -0.3 is 10.6 Å². The summed E-state index contributed by atoms with van der Waals surface area (Å²) in [5.41, 5.74) is 3.63. The van der Waals surface area contributed by atoms with E-state index in [0.717, 1.165) is 29.0 Å². The van der Waals surface area contributed by atoms with E-state index in [2.05, 4.69) is 73.9 Å². The van der Waals surface area contributed by atoms with Gasteiger partial charge in [0.25, 0.3) is 5.91 Å². The summed E-state index contributed by atoms with van der Waals surface area (Å²) in [6.07, 6.45) is 4.32. The summed E-state index contributed by atoms with van der Waals surface area (Å²) in [5, 5.41) is 10.3. The number of carbonyl (C=O) groups is 1. The lowest BCUT2D eigenvalue weighted by Gasteiger charge is -2.36. The minimum atomic E-state index is -0.178. The van der Waals surface area contributed by atoms with Gasteiger partial charge in [0, 0.05) is 4.88 Å². The average Bonchev–Trinajstić information content (AvgIpc) is 3.11. The van der Waals surface area contributed by atoms with Crippen LogP contribution in [0.4, 0.5) is 5.00 Å². The van der Waals surface area contributed by atoms with Crippen molar-refractivity contribution in [2.45, 2.75) is 52.6 Å². The molecular weight excluding hydrogens is 376 g/mol. The monoisotopic (exact) mass is 404 g/mol. The van der Waals surface area contributed by atoms with Crippen LogP contribution in [0.25, 0.3) is 10.8 Å². The minimum absolute atomic E-state index is 0.0719. The van der Waals surface area contributed by atoms with Gasteiger partial charge in [-0.15, -0.1) is 11.3 Å². The molecule has 2 N–H and O–H groups in total. The molecule has 0 bridgehead atoms. The van der Waals surface area contributed by atoms with Crippen LogP contribution in [0, 0.1) is 11.3 Å². The molecule has 1 amide bonds. The SMILES string of the molecule is CCC(C)(C)[C@@H]1CCc2c(sc3c2C(=O)N[C@@H](c2ccc4ccccc4c2)N3)C1. The van der Waals surface area contributed by atoms with Crippen LogP contribution in [0.2, 0.25) is 0 Å². The molecule has 29 heavy (non-hydrogen) atoms. The smallest absolute Gasteiger partial charge is 0.256 e. The average molecular weight is 405 g/mol. The van der Waals surface area contributed by atoms with Gasteiger partial charge in [-0.1, -0.05) is 63.6 Å². The van der Waals surface area contributed by atoms with Gasteiger partial charge in [-0.3, -0.25) is 4.79 Å². The molecule has 3 aromatic rings. The molecule has 4 heteroatoms. The lowest BCUT2D eigenvalue weighted by Crippen LogP contribution is -2.38. The number of rotatable bonds is 3. The van der Waals surface area contributed by atoms with Crippen molar-refractivity contribution in [1.82, 2.24) is 5.32 Å². The van der Waals surface area contributed by atoms with Crippen LogP contribution in [0.5, 0.6) is 0 Å².